The highest BCUT2D eigenvalue weighted by Crippen LogP contribution is 2.17. The molecular weight excluding hydrogens is 236 g/mol. The van der Waals surface area contributed by atoms with Crippen molar-refractivity contribution in [2.24, 2.45) is 0 Å². The summed E-state index contributed by atoms with van der Waals surface area (Å²) in [6, 6.07) is 2.49. The van der Waals surface area contributed by atoms with Crippen molar-refractivity contribution in [2.45, 2.75) is 32.9 Å². The van der Waals surface area contributed by atoms with Gasteiger partial charge in [0.05, 0.1) is 10.7 Å². The molecule has 0 aliphatic carbocycles. The third-order valence-electron chi connectivity index (χ3n) is 2.51. The lowest BCUT2D eigenvalue weighted by atomic mass is 10.2. The minimum atomic E-state index is 0.330. The van der Waals surface area contributed by atoms with Crippen LogP contribution < -0.4 is 5.32 Å². The number of thiazole rings is 1. The van der Waals surface area contributed by atoms with Crippen molar-refractivity contribution >= 4 is 22.7 Å². The first kappa shape index (κ1) is 11.8. The molecule has 2 rings (SSSR count). The van der Waals surface area contributed by atoms with Crippen molar-refractivity contribution in [1.29, 1.82) is 0 Å². The Labute approximate surface area is 104 Å². The second-order valence-electron chi connectivity index (χ2n) is 3.75. The Morgan fingerprint density at radius 2 is 2.31 bits per heavy atom. The maximum atomic E-state index is 4.59. The molecule has 0 spiro atoms. The summed E-state index contributed by atoms with van der Waals surface area (Å²) < 4.78 is 0. The van der Waals surface area contributed by atoms with Crippen molar-refractivity contribution in [2.75, 3.05) is 0 Å². The molecule has 1 unspecified atom stereocenters. The molecule has 0 bridgehead atoms. The van der Waals surface area contributed by atoms with E-state index in [0.29, 0.717) is 6.04 Å². The molecule has 0 aromatic carbocycles. The second kappa shape index (κ2) is 5.57. The number of hydrogen-bond acceptors (Lipinski definition) is 4. The van der Waals surface area contributed by atoms with Crippen LogP contribution in [0.5, 0.6) is 0 Å². The van der Waals surface area contributed by atoms with Crippen LogP contribution in [0.2, 0.25) is 0 Å². The molecule has 16 heavy (non-hydrogen) atoms. The van der Waals surface area contributed by atoms with E-state index in [1.165, 1.54) is 10.6 Å². The quantitative estimate of drug-likeness (QED) is 0.879. The fraction of sp³-hybridized carbons (Fsp3) is 0.417. The molecule has 1 N–H and O–H groups in total. The van der Waals surface area contributed by atoms with Crippen molar-refractivity contribution in [3.63, 3.8) is 0 Å². The van der Waals surface area contributed by atoms with Crippen LogP contribution in [0.1, 0.15) is 36.2 Å². The maximum absolute atomic E-state index is 4.59. The highest BCUT2D eigenvalue weighted by Gasteiger charge is 2.08. The molecule has 0 fully saturated rings. The predicted octanol–water partition coefficient (Wildman–Crippen LogP) is 3.62. The van der Waals surface area contributed by atoms with Crippen molar-refractivity contribution in [1.82, 2.24) is 10.3 Å². The zero-order valence-electron chi connectivity index (χ0n) is 9.56. The third-order valence-corrected chi connectivity index (χ3v) is 4.25. The monoisotopic (exact) mass is 252 g/mol. The van der Waals surface area contributed by atoms with E-state index in [1.807, 2.05) is 0 Å². The third kappa shape index (κ3) is 2.90. The molecular formula is C12H16N2S2. The Morgan fingerprint density at radius 3 is 2.94 bits per heavy atom. The Bertz CT molecular complexity index is 420. The number of rotatable bonds is 5. The molecule has 86 valence electrons. The molecule has 0 saturated heterocycles. The standard InChI is InChI=1S/C12H16N2S2/c1-3-12-14-11(8-16-12)9(2)13-6-10-4-5-15-7-10/h4-5,7-9,13H,3,6H2,1-2H3. The molecule has 2 nitrogen and oxygen atoms in total. The van der Waals surface area contributed by atoms with E-state index in [0.717, 1.165) is 18.7 Å². The highest BCUT2D eigenvalue weighted by atomic mass is 32.1. The van der Waals surface area contributed by atoms with E-state index in [-0.39, 0.29) is 0 Å². The first-order chi connectivity index (χ1) is 7.79. The van der Waals surface area contributed by atoms with Gasteiger partial charge in [0.1, 0.15) is 0 Å². The van der Waals surface area contributed by atoms with Gasteiger partial charge in [0.15, 0.2) is 0 Å². The first-order valence-corrected chi connectivity index (χ1v) is 7.30. The summed E-state index contributed by atoms with van der Waals surface area (Å²) in [5.74, 6) is 0. The van der Waals surface area contributed by atoms with Gasteiger partial charge in [-0.15, -0.1) is 11.3 Å². The van der Waals surface area contributed by atoms with E-state index in [9.17, 15) is 0 Å². The van der Waals surface area contributed by atoms with E-state index in [2.05, 4.69) is 46.4 Å². The van der Waals surface area contributed by atoms with Crippen LogP contribution in [0.25, 0.3) is 0 Å². The minimum Gasteiger partial charge on any atom is -0.305 e. The largest absolute Gasteiger partial charge is 0.305 e. The highest BCUT2D eigenvalue weighted by molar-refractivity contribution is 7.09. The molecule has 0 aliphatic rings. The lowest BCUT2D eigenvalue weighted by Gasteiger charge is -2.10. The van der Waals surface area contributed by atoms with Gasteiger partial charge in [-0.05, 0) is 35.7 Å². The Balaban J connectivity index is 1.90. The molecule has 4 heteroatoms. The van der Waals surface area contributed by atoms with E-state index < -0.39 is 0 Å². The number of nitrogens with zero attached hydrogens (tertiary/aromatic N) is 1. The van der Waals surface area contributed by atoms with Gasteiger partial charge in [-0.2, -0.15) is 11.3 Å². The predicted molar refractivity (Wildman–Crippen MR) is 71.1 cm³/mol. The summed E-state index contributed by atoms with van der Waals surface area (Å²) in [6.45, 7) is 5.23. The van der Waals surface area contributed by atoms with Crippen LogP contribution in [0.15, 0.2) is 22.2 Å². The van der Waals surface area contributed by atoms with Gasteiger partial charge in [-0.25, -0.2) is 4.98 Å². The average molecular weight is 252 g/mol. The van der Waals surface area contributed by atoms with E-state index in [1.54, 1.807) is 22.7 Å². The van der Waals surface area contributed by atoms with Gasteiger partial charge in [-0.1, -0.05) is 6.92 Å². The normalized spacial score (nSPS) is 12.9. The van der Waals surface area contributed by atoms with Crippen molar-refractivity contribution < 1.29 is 0 Å². The fourth-order valence-corrected chi connectivity index (χ4v) is 2.96. The Hall–Kier alpha value is -0.710. The van der Waals surface area contributed by atoms with Crippen molar-refractivity contribution in [3.05, 3.63) is 38.5 Å². The maximum Gasteiger partial charge on any atom is 0.0926 e. The van der Waals surface area contributed by atoms with Gasteiger partial charge in [0.25, 0.3) is 0 Å². The van der Waals surface area contributed by atoms with Crippen molar-refractivity contribution in [3.8, 4) is 0 Å². The Morgan fingerprint density at radius 1 is 1.44 bits per heavy atom. The molecule has 2 heterocycles. The van der Waals surface area contributed by atoms with Gasteiger partial charge >= 0.3 is 0 Å². The van der Waals surface area contributed by atoms with Gasteiger partial charge in [-0.3, -0.25) is 0 Å². The summed E-state index contributed by atoms with van der Waals surface area (Å²) >= 11 is 3.49. The minimum absolute atomic E-state index is 0.330. The van der Waals surface area contributed by atoms with Gasteiger partial charge < -0.3 is 5.32 Å². The summed E-state index contributed by atoms with van der Waals surface area (Å²) in [6.07, 6.45) is 1.03. The number of hydrogen-bond donors (Lipinski definition) is 1. The fourth-order valence-electron chi connectivity index (χ4n) is 1.46. The smallest absolute Gasteiger partial charge is 0.0926 e. The molecule has 2 aromatic heterocycles. The van der Waals surface area contributed by atoms with Crippen LogP contribution in [0.4, 0.5) is 0 Å². The van der Waals surface area contributed by atoms with E-state index >= 15 is 0 Å². The number of thiophene rings is 1. The molecule has 2 aromatic rings. The van der Waals surface area contributed by atoms with Crippen LogP contribution in [0, 0.1) is 0 Å². The van der Waals surface area contributed by atoms with Crippen LogP contribution >= 0.6 is 22.7 Å². The SMILES string of the molecule is CCc1nc(C(C)NCc2ccsc2)cs1. The van der Waals surface area contributed by atoms with E-state index in [4.69, 9.17) is 0 Å². The van der Waals surface area contributed by atoms with Gasteiger partial charge in [0.2, 0.25) is 0 Å². The molecule has 0 aliphatic heterocycles. The molecule has 1 atom stereocenters. The molecule has 0 radical (unpaired) electrons. The molecule has 0 saturated carbocycles. The topological polar surface area (TPSA) is 24.9 Å². The summed E-state index contributed by atoms with van der Waals surface area (Å²) in [5, 5.41) is 11.2. The average Bonchev–Trinajstić information content (AvgIpc) is 2.96. The lowest BCUT2D eigenvalue weighted by Crippen LogP contribution is -2.18. The summed E-state index contributed by atoms with van der Waals surface area (Å²) in [5.41, 5.74) is 2.51. The number of aryl methyl sites for hydroxylation is 1. The molecule has 0 amide bonds. The summed E-state index contributed by atoms with van der Waals surface area (Å²) in [7, 11) is 0. The first-order valence-electron chi connectivity index (χ1n) is 5.48. The second-order valence-corrected chi connectivity index (χ2v) is 5.48. The Kier molecular flexibility index (Phi) is 4.09. The van der Waals surface area contributed by atoms with Crippen LogP contribution in [-0.2, 0) is 13.0 Å². The van der Waals surface area contributed by atoms with Crippen LogP contribution in [0.3, 0.4) is 0 Å². The van der Waals surface area contributed by atoms with Gasteiger partial charge in [0, 0.05) is 18.0 Å². The summed E-state index contributed by atoms with van der Waals surface area (Å²) in [4.78, 5) is 4.59. The van der Waals surface area contributed by atoms with Crippen LogP contribution in [-0.4, -0.2) is 4.98 Å². The zero-order valence-corrected chi connectivity index (χ0v) is 11.2. The lowest BCUT2D eigenvalue weighted by molar-refractivity contribution is 0.563. The zero-order chi connectivity index (χ0) is 11.4. The number of nitrogens with one attached hydrogen (secondary N) is 1. The number of aromatic nitrogens is 1.